The van der Waals surface area contributed by atoms with Crippen molar-refractivity contribution in [1.82, 2.24) is 10.6 Å². The van der Waals surface area contributed by atoms with Gasteiger partial charge < -0.3 is 10.6 Å². The maximum atomic E-state index is 12.0. The molecule has 0 heterocycles. The third-order valence-corrected chi connectivity index (χ3v) is 4.62. The molecule has 2 rings (SSSR count). The molecule has 2 aliphatic rings. The van der Waals surface area contributed by atoms with Gasteiger partial charge in [-0.25, -0.2) is 4.79 Å². The van der Waals surface area contributed by atoms with Crippen LogP contribution in [0.4, 0.5) is 4.79 Å². The molecule has 3 heteroatoms. The van der Waals surface area contributed by atoms with E-state index in [9.17, 15) is 4.79 Å². The number of carbonyl (C=O) groups is 1. The molecule has 0 aromatic carbocycles. The molecule has 18 heavy (non-hydrogen) atoms. The molecule has 0 radical (unpaired) electrons. The molecule has 2 saturated carbocycles. The molecule has 0 saturated heterocycles. The van der Waals surface area contributed by atoms with Gasteiger partial charge in [0.15, 0.2) is 0 Å². The van der Waals surface area contributed by atoms with Crippen molar-refractivity contribution in [2.45, 2.75) is 83.2 Å². The van der Waals surface area contributed by atoms with Crippen LogP contribution in [0.1, 0.15) is 71.1 Å². The van der Waals surface area contributed by atoms with E-state index in [1.54, 1.807) is 0 Å². The highest BCUT2D eigenvalue weighted by atomic mass is 16.2. The molecule has 2 atom stereocenters. The SMILES string of the molecule is CC1CCCCCC1NC(=O)NC1CCCCC1. The van der Waals surface area contributed by atoms with Gasteiger partial charge in [-0.2, -0.15) is 0 Å². The highest BCUT2D eigenvalue weighted by Gasteiger charge is 2.23. The van der Waals surface area contributed by atoms with Crippen molar-refractivity contribution in [2.75, 3.05) is 0 Å². The second-order valence-corrected chi connectivity index (χ2v) is 6.17. The van der Waals surface area contributed by atoms with Gasteiger partial charge >= 0.3 is 6.03 Å². The first kappa shape index (κ1) is 13.7. The minimum absolute atomic E-state index is 0.0700. The average Bonchev–Trinajstić information content (AvgIpc) is 2.56. The van der Waals surface area contributed by atoms with E-state index in [-0.39, 0.29) is 6.03 Å². The topological polar surface area (TPSA) is 41.1 Å². The summed E-state index contributed by atoms with van der Waals surface area (Å²) in [5.74, 6) is 0.629. The summed E-state index contributed by atoms with van der Waals surface area (Å²) < 4.78 is 0. The number of nitrogens with one attached hydrogen (secondary N) is 2. The monoisotopic (exact) mass is 252 g/mol. The number of urea groups is 1. The van der Waals surface area contributed by atoms with E-state index < -0.39 is 0 Å². The second kappa shape index (κ2) is 7.01. The van der Waals surface area contributed by atoms with Gasteiger partial charge in [0.2, 0.25) is 0 Å². The first-order chi connectivity index (χ1) is 8.75. The molecule has 0 aromatic heterocycles. The number of rotatable bonds is 2. The summed E-state index contributed by atoms with van der Waals surface area (Å²) in [5.41, 5.74) is 0. The van der Waals surface area contributed by atoms with Crippen LogP contribution in [0.2, 0.25) is 0 Å². The van der Waals surface area contributed by atoms with Crippen LogP contribution in [-0.4, -0.2) is 18.1 Å². The first-order valence-electron chi connectivity index (χ1n) is 7.83. The molecule has 0 aromatic rings. The highest BCUT2D eigenvalue weighted by Crippen LogP contribution is 2.23. The van der Waals surface area contributed by atoms with Gasteiger partial charge in [0.05, 0.1) is 0 Å². The van der Waals surface area contributed by atoms with E-state index in [4.69, 9.17) is 0 Å². The Hall–Kier alpha value is -0.730. The predicted molar refractivity (Wildman–Crippen MR) is 74.6 cm³/mol. The molecule has 0 spiro atoms. The van der Waals surface area contributed by atoms with Gasteiger partial charge in [0, 0.05) is 12.1 Å². The minimum atomic E-state index is 0.0700. The predicted octanol–water partition coefficient (Wildman–Crippen LogP) is 3.59. The van der Waals surface area contributed by atoms with Crippen molar-refractivity contribution in [2.24, 2.45) is 5.92 Å². The summed E-state index contributed by atoms with van der Waals surface area (Å²) in [5, 5.41) is 6.36. The lowest BCUT2D eigenvalue weighted by atomic mass is 9.95. The average molecular weight is 252 g/mol. The van der Waals surface area contributed by atoms with E-state index in [0.29, 0.717) is 18.0 Å². The Kier molecular flexibility index (Phi) is 5.33. The normalized spacial score (nSPS) is 30.5. The summed E-state index contributed by atoms with van der Waals surface area (Å²) in [6, 6.07) is 0.872. The van der Waals surface area contributed by atoms with Crippen LogP contribution in [0.15, 0.2) is 0 Å². The number of hydrogen-bond acceptors (Lipinski definition) is 1. The molecule has 0 aliphatic heterocycles. The Morgan fingerprint density at radius 3 is 2.17 bits per heavy atom. The Balaban J connectivity index is 1.74. The summed E-state index contributed by atoms with van der Waals surface area (Å²) in [6.45, 7) is 2.27. The molecular weight excluding hydrogens is 224 g/mol. The third-order valence-electron chi connectivity index (χ3n) is 4.62. The number of hydrogen-bond donors (Lipinski definition) is 2. The summed E-state index contributed by atoms with van der Waals surface area (Å²) >= 11 is 0. The molecule has 0 bridgehead atoms. The Morgan fingerprint density at radius 1 is 0.833 bits per heavy atom. The Bertz CT molecular complexity index is 261. The lowest BCUT2D eigenvalue weighted by Gasteiger charge is -2.27. The molecule has 3 nitrogen and oxygen atoms in total. The standard InChI is InChI=1S/C15H28N2O/c1-12-8-4-2-7-11-14(12)17-15(18)16-13-9-5-3-6-10-13/h12-14H,2-11H2,1H3,(H2,16,17,18). The maximum Gasteiger partial charge on any atom is 0.315 e. The van der Waals surface area contributed by atoms with E-state index in [1.165, 1.54) is 44.9 Å². The van der Waals surface area contributed by atoms with Gasteiger partial charge in [-0.3, -0.25) is 0 Å². The zero-order chi connectivity index (χ0) is 12.8. The van der Waals surface area contributed by atoms with Crippen LogP contribution in [0, 0.1) is 5.92 Å². The smallest absolute Gasteiger partial charge is 0.315 e. The fourth-order valence-corrected chi connectivity index (χ4v) is 3.35. The van der Waals surface area contributed by atoms with Crippen molar-refractivity contribution < 1.29 is 4.79 Å². The zero-order valence-electron chi connectivity index (χ0n) is 11.7. The fourth-order valence-electron chi connectivity index (χ4n) is 3.35. The van der Waals surface area contributed by atoms with Crippen molar-refractivity contribution in [3.8, 4) is 0 Å². The molecule has 2 aliphatic carbocycles. The lowest BCUT2D eigenvalue weighted by Crippen LogP contribution is -2.48. The van der Waals surface area contributed by atoms with Crippen molar-refractivity contribution in [3.05, 3.63) is 0 Å². The van der Waals surface area contributed by atoms with Gasteiger partial charge in [0.25, 0.3) is 0 Å². The van der Waals surface area contributed by atoms with Crippen LogP contribution in [0.25, 0.3) is 0 Å². The first-order valence-corrected chi connectivity index (χ1v) is 7.83. The minimum Gasteiger partial charge on any atom is -0.335 e. The van der Waals surface area contributed by atoms with Gasteiger partial charge in [0.1, 0.15) is 0 Å². The van der Waals surface area contributed by atoms with Crippen molar-refractivity contribution in [3.63, 3.8) is 0 Å². The second-order valence-electron chi connectivity index (χ2n) is 6.17. The lowest BCUT2D eigenvalue weighted by molar-refractivity contribution is 0.222. The fraction of sp³-hybridized carbons (Fsp3) is 0.933. The highest BCUT2D eigenvalue weighted by molar-refractivity contribution is 5.74. The molecule has 2 unspecified atom stereocenters. The van der Waals surface area contributed by atoms with Crippen molar-refractivity contribution >= 4 is 6.03 Å². The van der Waals surface area contributed by atoms with Crippen LogP contribution >= 0.6 is 0 Å². The van der Waals surface area contributed by atoms with Gasteiger partial charge in [-0.15, -0.1) is 0 Å². The molecule has 104 valence electrons. The van der Waals surface area contributed by atoms with Crippen LogP contribution in [-0.2, 0) is 0 Å². The van der Waals surface area contributed by atoms with E-state index in [1.807, 2.05) is 0 Å². The van der Waals surface area contributed by atoms with E-state index >= 15 is 0 Å². The quantitative estimate of drug-likeness (QED) is 0.725. The summed E-state index contributed by atoms with van der Waals surface area (Å²) in [6.07, 6.45) is 12.5. The third kappa shape index (κ3) is 4.18. The number of amides is 2. The van der Waals surface area contributed by atoms with Crippen LogP contribution < -0.4 is 10.6 Å². The zero-order valence-corrected chi connectivity index (χ0v) is 11.7. The molecule has 2 fully saturated rings. The van der Waals surface area contributed by atoms with Crippen LogP contribution in [0.3, 0.4) is 0 Å². The maximum absolute atomic E-state index is 12.0. The van der Waals surface area contributed by atoms with E-state index in [2.05, 4.69) is 17.6 Å². The summed E-state index contributed by atoms with van der Waals surface area (Å²) in [7, 11) is 0. The Labute approximate surface area is 111 Å². The van der Waals surface area contributed by atoms with Crippen molar-refractivity contribution in [1.29, 1.82) is 0 Å². The Morgan fingerprint density at radius 2 is 1.44 bits per heavy atom. The molecule has 2 N–H and O–H groups in total. The van der Waals surface area contributed by atoms with E-state index in [0.717, 1.165) is 19.3 Å². The van der Waals surface area contributed by atoms with Gasteiger partial charge in [-0.1, -0.05) is 45.4 Å². The van der Waals surface area contributed by atoms with Gasteiger partial charge in [-0.05, 0) is 31.6 Å². The molecular formula is C15H28N2O. The summed E-state index contributed by atoms with van der Waals surface area (Å²) in [4.78, 5) is 12.0. The largest absolute Gasteiger partial charge is 0.335 e. The number of carbonyl (C=O) groups excluding carboxylic acids is 1. The van der Waals surface area contributed by atoms with Crippen LogP contribution in [0.5, 0.6) is 0 Å². The molecule has 2 amide bonds.